The van der Waals surface area contributed by atoms with Crippen LogP contribution in [0.3, 0.4) is 0 Å². The van der Waals surface area contributed by atoms with Crippen LogP contribution in [0, 0.1) is 0 Å². The fourth-order valence-electron chi connectivity index (χ4n) is 2.59. The van der Waals surface area contributed by atoms with Gasteiger partial charge in [-0.2, -0.15) is 0 Å². The molecule has 0 fully saturated rings. The molecule has 3 rings (SSSR count). The maximum Gasteiger partial charge on any atom is 0.216 e. The number of aromatic nitrogens is 1. The fraction of sp³-hybridized carbons (Fsp3) is 0.500. The number of aliphatic imine (C=N–C) groups is 1. The Morgan fingerprint density at radius 3 is 2.70 bits per heavy atom. The van der Waals surface area contributed by atoms with Crippen molar-refractivity contribution in [3.8, 4) is 11.5 Å². The van der Waals surface area contributed by atoms with Gasteiger partial charge in [0, 0.05) is 12.0 Å². The summed E-state index contributed by atoms with van der Waals surface area (Å²) >= 11 is 0. The largest absolute Gasteiger partial charge is 0.486 e. The minimum absolute atomic E-state index is 0.0632. The molecule has 7 nitrogen and oxygen atoms in total. The molecule has 1 aliphatic rings. The van der Waals surface area contributed by atoms with Crippen molar-refractivity contribution in [2.75, 3.05) is 19.7 Å². The Morgan fingerprint density at radius 1 is 1.22 bits per heavy atom. The highest BCUT2D eigenvalue weighted by atomic mass is 16.6. The Labute approximate surface area is 160 Å². The number of ether oxygens (including phenoxy) is 2. The normalized spacial score (nSPS) is 16.9. The lowest BCUT2D eigenvalue weighted by molar-refractivity contribution is 0.0936. The lowest BCUT2D eigenvalue weighted by Gasteiger charge is -2.27. The monoisotopic (exact) mass is 372 g/mol. The Kier molecular flexibility index (Phi) is 5.88. The van der Waals surface area contributed by atoms with Crippen LogP contribution >= 0.6 is 0 Å². The van der Waals surface area contributed by atoms with Gasteiger partial charge < -0.3 is 24.5 Å². The molecule has 2 heterocycles. The summed E-state index contributed by atoms with van der Waals surface area (Å²) in [5.41, 5.74) is -0.0632. The molecule has 2 aromatic rings. The molecule has 0 amide bonds. The van der Waals surface area contributed by atoms with Crippen molar-refractivity contribution in [2.24, 2.45) is 4.99 Å². The second kappa shape index (κ2) is 8.33. The number of para-hydroxylation sites is 2. The molecule has 0 spiro atoms. The molecule has 1 aliphatic heterocycles. The van der Waals surface area contributed by atoms with Crippen molar-refractivity contribution in [3.05, 3.63) is 42.1 Å². The van der Waals surface area contributed by atoms with Gasteiger partial charge in [-0.25, -0.2) is 9.98 Å². The molecule has 0 bridgehead atoms. The molecule has 2 N–H and O–H groups in total. The lowest BCUT2D eigenvalue weighted by atomic mass is 9.94. The van der Waals surface area contributed by atoms with E-state index in [4.69, 9.17) is 13.9 Å². The second-order valence-corrected chi connectivity index (χ2v) is 7.44. The third-order valence-corrected chi connectivity index (χ3v) is 4.07. The summed E-state index contributed by atoms with van der Waals surface area (Å²) in [6.45, 7) is 10.5. The molecule has 146 valence electrons. The first-order chi connectivity index (χ1) is 13.0. The van der Waals surface area contributed by atoms with Crippen molar-refractivity contribution >= 4 is 5.96 Å². The first-order valence-corrected chi connectivity index (χ1v) is 9.31. The van der Waals surface area contributed by atoms with E-state index in [2.05, 4.69) is 41.4 Å². The molecule has 7 heteroatoms. The average molecular weight is 372 g/mol. The first-order valence-electron chi connectivity index (χ1n) is 9.31. The van der Waals surface area contributed by atoms with Crippen molar-refractivity contribution in [2.45, 2.75) is 45.8 Å². The van der Waals surface area contributed by atoms with Gasteiger partial charge in [-0.1, -0.05) is 32.9 Å². The zero-order valence-corrected chi connectivity index (χ0v) is 16.4. The van der Waals surface area contributed by atoms with E-state index in [1.54, 1.807) is 6.20 Å². The summed E-state index contributed by atoms with van der Waals surface area (Å²) in [4.78, 5) is 8.87. The van der Waals surface area contributed by atoms with E-state index < -0.39 is 0 Å². The van der Waals surface area contributed by atoms with Crippen LogP contribution in [0.15, 0.2) is 39.9 Å². The molecule has 0 aliphatic carbocycles. The molecule has 0 saturated heterocycles. The zero-order chi connectivity index (χ0) is 19.3. The van der Waals surface area contributed by atoms with E-state index in [1.165, 1.54) is 0 Å². The molecular formula is C20H28N4O3. The number of hydrogen-bond acceptors (Lipinski definition) is 5. The first kappa shape index (κ1) is 19.1. The van der Waals surface area contributed by atoms with E-state index in [9.17, 15) is 0 Å². The predicted octanol–water partition coefficient (Wildman–Crippen LogP) is 2.87. The fourth-order valence-corrected chi connectivity index (χ4v) is 2.59. The van der Waals surface area contributed by atoms with E-state index in [1.807, 2.05) is 31.2 Å². The summed E-state index contributed by atoms with van der Waals surface area (Å²) in [5, 5.41) is 6.51. The molecule has 1 aromatic heterocycles. The SMILES string of the molecule is CCNC(=NCc1ncc(C(C)(C)C)o1)NCC1COc2ccccc2O1. The van der Waals surface area contributed by atoms with Gasteiger partial charge in [0.05, 0.1) is 12.7 Å². The molecule has 1 atom stereocenters. The average Bonchev–Trinajstić information content (AvgIpc) is 3.13. The minimum atomic E-state index is -0.0852. The highest BCUT2D eigenvalue weighted by Gasteiger charge is 2.21. The number of rotatable bonds is 5. The smallest absolute Gasteiger partial charge is 0.216 e. The number of benzene rings is 1. The second-order valence-electron chi connectivity index (χ2n) is 7.44. The molecular weight excluding hydrogens is 344 g/mol. The quantitative estimate of drug-likeness (QED) is 0.620. The number of fused-ring (bicyclic) bond motifs is 1. The number of nitrogens with one attached hydrogen (secondary N) is 2. The van der Waals surface area contributed by atoms with Crippen LogP contribution in [0.1, 0.15) is 39.3 Å². The Bertz CT molecular complexity index is 780. The molecule has 27 heavy (non-hydrogen) atoms. The Balaban J connectivity index is 1.56. The van der Waals surface area contributed by atoms with Crippen molar-refractivity contribution in [1.82, 2.24) is 15.6 Å². The summed E-state index contributed by atoms with van der Waals surface area (Å²) in [6, 6.07) is 7.69. The van der Waals surface area contributed by atoms with Gasteiger partial charge in [-0.15, -0.1) is 0 Å². The van der Waals surface area contributed by atoms with Crippen LogP contribution < -0.4 is 20.1 Å². The van der Waals surface area contributed by atoms with Crippen molar-refractivity contribution in [1.29, 1.82) is 0 Å². The topological polar surface area (TPSA) is 80.9 Å². The van der Waals surface area contributed by atoms with Gasteiger partial charge in [-0.3, -0.25) is 0 Å². The van der Waals surface area contributed by atoms with E-state index >= 15 is 0 Å². The van der Waals surface area contributed by atoms with Crippen molar-refractivity contribution in [3.63, 3.8) is 0 Å². The third-order valence-electron chi connectivity index (χ3n) is 4.07. The number of guanidine groups is 1. The number of oxazole rings is 1. The van der Waals surface area contributed by atoms with Crippen LogP contribution in [0.25, 0.3) is 0 Å². The van der Waals surface area contributed by atoms with Gasteiger partial charge in [0.1, 0.15) is 25.0 Å². The standard InChI is InChI=1S/C20H28N4O3/c1-5-21-19(24-12-18-22-11-17(27-18)20(2,3)4)23-10-14-13-25-15-8-6-7-9-16(15)26-14/h6-9,11,14H,5,10,12-13H2,1-4H3,(H2,21,23,24). The Morgan fingerprint density at radius 2 is 2.00 bits per heavy atom. The Hall–Kier alpha value is -2.70. The van der Waals surface area contributed by atoms with Gasteiger partial charge in [-0.05, 0) is 19.1 Å². The molecule has 0 radical (unpaired) electrons. The number of hydrogen-bond donors (Lipinski definition) is 2. The highest BCUT2D eigenvalue weighted by Crippen LogP contribution is 2.30. The van der Waals surface area contributed by atoms with Crippen LogP contribution in [0.4, 0.5) is 0 Å². The molecule has 0 saturated carbocycles. The summed E-state index contributed by atoms with van der Waals surface area (Å²) in [7, 11) is 0. The zero-order valence-electron chi connectivity index (χ0n) is 16.4. The van der Waals surface area contributed by atoms with Crippen LogP contribution in [-0.4, -0.2) is 36.7 Å². The third kappa shape index (κ3) is 5.15. The van der Waals surface area contributed by atoms with E-state index in [-0.39, 0.29) is 11.5 Å². The van der Waals surface area contributed by atoms with Crippen LogP contribution in [0.2, 0.25) is 0 Å². The lowest BCUT2D eigenvalue weighted by Crippen LogP contribution is -2.45. The van der Waals surface area contributed by atoms with E-state index in [0.717, 1.165) is 23.8 Å². The molecule has 1 aromatic carbocycles. The minimum Gasteiger partial charge on any atom is -0.486 e. The van der Waals surface area contributed by atoms with Crippen molar-refractivity contribution < 1.29 is 13.9 Å². The number of nitrogens with zero attached hydrogens (tertiary/aromatic N) is 2. The van der Waals surface area contributed by atoms with Gasteiger partial charge in [0.15, 0.2) is 17.5 Å². The van der Waals surface area contributed by atoms with Crippen LogP contribution in [-0.2, 0) is 12.0 Å². The van der Waals surface area contributed by atoms with Crippen LogP contribution in [0.5, 0.6) is 11.5 Å². The highest BCUT2D eigenvalue weighted by molar-refractivity contribution is 5.79. The van der Waals surface area contributed by atoms with Gasteiger partial charge >= 0.3 is 0 Å². The summed E-state index contributed by atoms with van der Waals surface area (Å²) in [5.74, 6) is 3.70. The van der Waals surface area contributed by atoms with E-state index in [0.29, 0.717) is 31.5 Å². The molecule has 1 unspecified atom stereocenters. The maximum atomic E-state index is 5.96. The predicted molar refractivity (Wildman–Crippen MR) is 104 cm³/mol. The van der Waals surface area contributed by atoms with Gasteiger partial charge in [0.25, 0.3) is 0 Å². The summed E-state index contributed by atoms with van der Waals surface area (Å²) < 4.78 is 17.5. The maximum absolute atomic E-state index is 5.96. The summed E-state index contributed by atoms with van der Waals surface area (Å²) in [6.07, 6.45) is 1.69. The van der Waals surface area contributed by atoms with Gasteiger partial charge in [0.2, 0.25) is 5.89 Å².